The van der Waals surface area contributed by atoms with E-state index in [9.17, 15) is 0 Å². The van der Waals surface area contributed by atoms with Gasteiger partial charge < -0.3 is 25.2 Å². The maximum Gasteiger partial charge on any atom is 0.170 e. The van der Waals surface area contributed by atoms with Crippen LogP contribution in [-0.2, 0) is 4.74 Å². The maximum atomic E-state index is 8.66. The zero-order valence-electron chi connectivity index (χ0n) is 12.8. The molecule has 0 saturated carbocycles. The summed E-state index contributed by atoms with van der Waals surface area (Å²) in [6.07, 6.45) is 1.04. The molecule has 0 radical (unpaired) electrons. The van der Waals surface area contributed by atoms with Crippen LogP contribution < -0.4 is 15.2 Å². The Kier molecular flexibility index (Phi) is 7.39. The molecule has 1 aromatic carbocycles. The highest BCUT2D eigenvalue weighted by Crippen LogP contribution is 2.27. The summed E-state index contributed by atoms with van der Waals surface area (Å²) in [6.45, 7) is 6.02. The van der Waals surface area contributed by atoms with Gasteiger partial charge in [0.15, 0.2) is 17.3 Å². The fourth-order valence-corrected chi connectivity index (χ4v) is 1.64. The zero-order chi connectivity index (χ0) is 15.7. The summed E-state index contributed by atoms with van der Waals surface area (Å²) in [6, 6.07) is 5.08. The van der Waals surface area contributed by atoms with Gasteiger partial charge in [-0.1, -0.05) is 19.0 Å². The van der Waals surface area contributed by atoms with Gasteiger partial charge in [0.25, 0.3) is 0 Å². The molecule has 6 nitrogen and oxygen atoms in total. The Morgan fingerprint density at radius 3 is 2.62 bits per heavy atom. The first-order valence-electron chi connectivity index (χ1n) is 6.95. The minimum atomic E-state index is 0.0249. The second-order valence-electron chi connectivity index (χ2n) is 4.99. The summed E-state index contributed by atoms with van der Waals surface area (Å²) >= 11 is 0. The van der Waals surface area contributed by atoms with E-state index in [0.29, 0.717) is 36.2 Å². The quantitative estimate of drug-likeness (QED) is 0.240. The number of oxime groups is 1. The molecule has 0 aliphatic rings. The standard InChI is InChI=1S/C15H24N2O4/c1-11(2)6-7-20-8-9-21-13-5-4-12(15(16)17-18)10-14(13)19-3/h4-5,10-11,18H,6-9H2,1-3H3,(H2,16,17). The molecule has 1 rings (SSSR count). The lowest BCUT2D eigenvalue weighted by molar-refractivity contribution is 0.0916. The molecule has 0 aliphatic heterocycles. The third kappa shape index (κ3) is 5.91. The molecule has 0 spiro atoms. The molecule has 0 fully saturated rings. The van der Waals surface area contributed by atoms with E-state index >= 15 is 0 Å². The largest absolute Gasteiger partial charge is 0.493 e. The Hall–Kier alpha value is -1.95. The van der Waals surface area contributed by atoms with Gasteiger partial charge in [-0.15, -0.1) is 0 Å². The third-order valence-electron chi connectivity index (χ3n) is 2.89. The zero-order valence-corrected chi connectivity index (χ0v) is 12.8. The van der Waals surface area contributed by atoms with E-state index in [1.165, 1.54) is 7.11 Å². The molecule has 0 saturated heterocycles. The molecule has 0 aromatic heterocycles. The Morgan fingerprint density at radius 1 is 1.24 bits per heavy atom. The van der Waals surface area contributed by atoms with E-state index < -0.39 is 0 Å². The lowest BCUT2D eigenvalue weighted by Gasteiger charge is -2.12. The highest BCUT2D eigenvalue weighted by atomic mass is 16.5. The Labute approximate surface area is 125 Å². The van der Waals surface area contributed by atoms with Crippen LogP contribution in [0.4, 0.5) is 0 Å². The number of rotatable bonds is 9. The smallest absolute Gasteiger partial charge is 0.170 e. The molecule has 0 atom stereocenters. The van der Waals surface area contributed by atoms with Crippen LogP contribution in [0.25, 0.3) is 0 Å². The Morgan fingerprint density at radius 2 is 2.00 bits per heavy atom. The van der Waals surface area contributed by atoms with Crippen molar-refractivity contribution >= 4 is 5.84 Å². The number of ether oxygens (including phenoxy) is 3. The first-order chi connectivity index (χ1) is 10.1. The molecule has 0 unspecified atom stereocenters. The number of methoxy groups -OCH3 is 1. The molecule has 0 bridgehead atoms. The van der Waals surface area contributed by atoms with Crippen molar-refractivity contribution in [2.45, 2.75) is 20.3 Å². The van der Waals surface area contributed by atoms with Gasteiger partial charge in [-0.2, -0.15) is 0 Å². The fraction of sp³-hybridized carbons (Fsp3) is 0.533. The number of benzene rings is 1. The average Bonchev–Trinajstić information content (AvgIpc) is 2.49. The summed E-state index contributed by atoms with van der Waals surface area (Å²) in [7, 11) is 1.54. The van der Waals surface area contributed by atoms with Gasteiger partial charge in [0.05, 0.1) is 13.7 Å². The molecule has 6 heteroatoms. The second kappa shape index (κ2) is 9.07. The summed E-state index contributed by atoms with van der Waals surface area (Å²) in [5.74, 6) is 1.79. The van der Waals surface area contributed by atoms with Gasteiger partial charge in [-0.05, 0) is 30.5 Å². The van der Waals surface area contributed by atoms with Gasteiger partial charge in [0, 0.05) is 12.2 Å². The molecular weight excluding hydrogens is 272 g/mol. The summed E-state index contributed by atoms with van der Waals surface area (Å²) < 4.78 is 16.3. The van der Waals surface area contributed by atoms with Crippen molar-refractivity contribution in [2.75, 3.05) is 26.9 Å². The van der Waals surface area contributed by atoms with Crippen molar-refractivity contribution < 1.29 is 19.4 Å². The Balaban J connectivity index is 2.48. The van der Waals surface area contributed by atoms with E-state index in [4.69, 9.17) is 25.2 Å². The molecule has 0 aliphatic carbocycles. The van der Waals surface area contributed by atoms with Crippen LogP contribution in [-0.4, -0.2) is 38.0 Å². The molecule has 1 aromatic rings. The monoisotopic (exact) mass is 296 g/mol. The number of nitrogens with two attached hydrogens (primary N) is 1. The molecule has 0 amide bonds. The predicted octanol–water partition coefficient (Wildman–Crippen LogP) is 2.23. The van der Waals surface area contributed by atoms with Crippen molar-refractivity contribution in [1.29, 1.82) is 0 Å². The van der Waals surface area contributed by atoms with Crippen LogP contribution in [0.1, 0.15) is 25.8 Å². The minimum Gasteiger partial charge on any atom is -0.493 e. The van der Waals surface area contributed by atoms with E-state index in [1.807, 2.05) is 0 Å². The fourth-order valence-electron chi connectivity index (χ4n) is 1.64. The molecule has 3 N–H and O–H groups in total. The first kappa shape index (κ1) is 17.1. The van der Waals surface area contributed by atoms with Crippen LogP contribution in [0, 0.1) is 5.92 Å². The number of hydrogen-bond donors (Lipinski definition) is 2. The van der Waals surface area contributed by atoms with Crippen molar-refractivity contribution in [3.8, 4) is 11.5 Å². The van der Waals surface area contributed by atoms with E-state index in [0.717, 1.165) is 13.0 Å². The SMILES string of the molecule is COc1cc(C(N)=NO)ccc1OCCOCCC(C)C. The van der Waals surface area contributed by atoms with Crippen molar-refractivity contribution in [2.24, 2.45) is 16.8 Å². The highest BCUT2D eigenvalue weighted by Gasteiger charge is 2.08. The Bertz CT molecular complexity index is 461. The first-order valence-corrected chi connectivity index (χ1v) is 6.95. The molecular formula is C15H24N2O4. The predicted molar refractivity (Wildman–Crippen MR) is 81.3 cm³/mol. The van der Waals surface area contributed by atoms with Crippen LogP contribution in [0.15, 0.2) is 23.4 Å². The van der Waals surface area contributed by atoms with Gasteiger partial charge in [0.1, 0.15) is 6.61 Å². The highest BCUT2D eigenvalue weighted by molar-refractivity contribution is 5.97. The van der Waals surface area contributed by atoms with Crippen LogP contribution in [0.2, 0.25) is 0 Å². The number of amidine groups is 1. The van der Waals surface area contributed by atoms with Crippen molar-refractivity contribution in [1.82, 2.24) is 0 Å². The number of hydrogen-bond acceptors (Lipinski definition) is 5. The summed E-state index contributed by atoms with van der Waals surface area (Å²) in [5.41, 5.74) is 6.10. The topological polar surface area (TPSA) is 86.3 Å². The third-order valence-corrected chi connectivity index (χ3v) is 2.89. The van der Waals surface area contributed by atoms with Crippen LogP contribution >= 0.6 is 0 Å². The van der Waals surface area contributed by atoms with Crippen molar-refractivity contribution in [3.63, 3.8) is 0 Å². The molecule has 0 heterocycles. The van der Waals surface area contributed by atoms with E-state index in [1.54, 1.807) is 18.2 Å². The van der Waals surface area contributed by atoms with Crippen LogP contribution in [0.3, 0.4) is 0 Å². The minimum absolute atomic E-state index is 0.0249. The van der Waals surface area contributed by atoms with Gasteiger partial charge in [-0.25, -0.2) is 0 Å². The van der Waals surface area contributed by atoms with Gasteiger partial charge in [-0.3, -0.25) is 0 Å². The second-order valence-corrected chi connectivity index (χ2v) is 4.99. The maximum absolute atomic E-state index is 8.66. The lowest BCUT2D eigenvalue weighted by atomic mass is 10.1. The molecule has 21 heavy (non-hydrogen) atoms. The van der Waals surface area contributed by atoms with E-state index in [-0.39, 0.29) is 5.84 Å². The average molecular weight is 296 g/mol. The van der Waals surface area contributed by atoms with Gasteiger partial charge >= 0.3 is 0 Å². The summed E-state index contributed by atoms with van der Waals surface area (Å²) in [5, 5.41) is 11.6. The summed E-state index contributed by atoms with van der Waals surface area (Å²) in [4.78, 5) is 0. The van der Waals surface area contributed by atoms with E-state index in [2.05, 4.69) is 19.0 Å². The van der Waals surface area contributed by atoms with Gasteiger partial charge in [0.2, 0.25) is 0 Å². The van der Waals surface area contributed by atoms with Crippen LogP contribution in [0.5, 0.6) is 11.5 Å². The van der Waals surface area contributed by atoms with Crippen molar-refractivity contribution in [3.05, 3.63) is 23.8 Å². The lowest BCUT2D eigenvalue weighted by Crippen LogP contribution is -2.13. The number of nitrogens with zero attached hydrogens (tertiary/aromatic N) is 1. The normalized spacial score (nSPS) is 11.7. The molecule has 118 valence electrons.